The molecule has 7 nitrogen and oxygen atoms in total. The minimum atomic E-state index is -4.61. The van der Waals surface area contributed by atoms with E-state index < -0.39 is 21.8 Å². The van der Waals surface area contributed by atoms with Crippen LogP contribution < -0.4 is 9.46 Å². The summed E-state index contributed by atoms with van der Waals surface area (Å²) in [7, 11) is -4.21. The molecule has 0 unspecified atom stereocenters. The van der Waals surface area contributed by atoms with Crippen LogP contribution in [-0.2, 0) is 21.0 Å². The van der Waals surface area contributed by atoms with Crippen LogP contribution in [0.3, 0.4) is 0 Å². The molecule has 0 atom stereocenters. The lowest BCUT2D eigenvalue weighted by atomic mass is 10.2. The van der Waals surface area contributed by atoms with Gasteiger partial charge in [-0.2, -0.15) is 13.2 Å². The molecular formula is C21H23ClF3N3O4S. The fourth-order valence-corrected chi connectivity index (χ4v) is 4.66. The number of nitrogens with zero attached hydrogens (tertiary/aromatic N) is 2. The molecule has 33 heavy (non-hydrogen) atoms. The Balaban J connectivity index is 1.64. The molecule has 0 spiro atoms. The number of amides is 1. The number of halogens is 4. The van der Waals surface area contributed by atoms with Gasteiger partial charge in [0.05, 0.1) is 15.5 Å². The molecule has 1 heterocycles. The van der Waals surface area contributed by atoms with Gasteiger partial charge in [0.15, 0.2) is 6.61 Å². The standard InChI is InChI=1S/C21H23ClF3N3O4S/c1-2-27-8-10-28(11-9-27)20(29)14-32-19-7-6-17(13-18(19)22)33(30,31)26-16-5-3-4-15(12-16)21(23,24)25/h3-7,12-13,26H,2,8-11,14H2,1H3. The number of sulfonamides is 1. The number of carbonyl (C=O) groups is 1. The third-order valence-electron chi connectivity index (χ3n) is 5.18. The van der Waals surface area contributed by atoms with Gasteiger partial charge in [-0.25, -0.2) is 8.42 Å². The number of carbonyl (C=O) groups excluding carboxylic acids is 1. The Kier molecular flexibility index (Phi) is 7.76. The molecular weight excluding hydrogens is 483 g/mol. The van der Waals surface area contributed by atoms with Gasteiger partial charge in [-0.15, -0.1) is 0 Å². The predicted molar refractivity (Wildman–Crippen MR) is 118 cm³/mol. The van der Waals surface area contributed by atoms with E-state index in [-0.39, 0.29) is 33.9 Å². The van der Waals surface area contributed by atoms with Crippen LogP contribution in [0.1, 0.15) is 12.5 Å². The smallest absolute Gasteiger partial charge is 0.416 e. The molecule has 0 aromatic heterocycles. The Hall–Kier alpha value is -2.50. The Bertz CT molecular complexity index is 1100. The monoisotopic (exact) mass is 505 g/mol. The zero-order valence-electron chi connectivity index (χ0n) is 17.7. The van der Waals surface area contributed by atoms with Crippen molar-refractivity contribution in [1.82, 2.24) is 9.80 Å². The fourth-order valence-electron chi connectivity index (χ4n) is 3.28. The number of hydrogen-bond donors (Lipinski definition) is 1. The van der Waals surface area contributed by atoms with Crippen molar-refractivity contribution in [1.29, 1.82) is 0 Å². The van der Waals surface area contributed by atoms with E-state index >= 15 is 0 Å². The lowest BCUT2D eigenvalue weighted by Gasteiger charge is -2.33. The summed E-state index contributed by atoms with van der Waals surface area (Å²) in [4.78, 5) is 16.0. The summed E-state index contributed by atoms with van der Waals surface area (Å²) >= 11 is 6.13. The number of anilines is 1. The Labute approximate surface area is 195 Å². The van der Waals surface area contributed by atoms with Crippen LogP contribution in [0, 0.1) is 0 Å². The second kappa shape index (κ2) is 10.2. The quantitative estimate of drug-likeness (QED) is 0.621. The normalized spacial score (nSPS) is 15.4. The summed E-state index contributed by atoms with van der Waals surface area (Å²) in [5.74, 6) is -0.0834. The number of hydrogen-bond acceptors (Lipinski definition) is 5. The number of ether oxygens (including phenoxy) is 1. The number of rotatable bonds is 7. The second-order valence-electron chi connectivity index (χ2n) is 7.38. The van der Waals surface area contributed by atoms with Crippen molar-refractivity contribution in [3.63, 3.8) is 0 Å². The minimum Gasteiger partial charge on any atom is -0.482 e. The third kappa shape index (κ3) is 6.52. The molecule has 2 aromatic rings. The zero-order chi connectivity index (χ0) is 24.2. The number of alkyl halides is 3. The van der Waals surface area contributed by atoms with Crippen LogP contribution in [0.25, 0.3) is 0 Å². The fraction of sp³-hybridized carbons (Fsp3) is 0.381. The largest absolute Gasteiger partial charge is 0.482 e. The lowest BCUT2D eigenvalue weighted by Crippen LogP contribution is -2.49. The van der Waals surface area contributed by atoms with Crippen LogP contribution in [-0.4, -0.2) is 63.5 Å². The topological polar surface area (TPSA) is 79.0 Å². The molecule has 1 fully saturated rings. The van der Waals surface area contributed by atoms with Crippen molar-refractivity contribution in [2.24, 2.45) is 0 Å². The second-order valence-corrected chi connectivity index (χ2v) is 9.47. The highest BCUT2D eigenvalue weighted by atomic mass is 35.5. The SMILES string of the molecule is CCN1CCN(C(=O)COc2ccc(S(=O)(=O)Nc3cccc(C(F)(F)F)c3)cc2Cl)CC1. The molecule has 0 aliphatic carbocycles. The van der Waals surface area contributed by atoms with Crippen molar-refractivity contribution in [2.75, 3.05) is 44.1 Å². The summed E-state index contributed by atoms with van der Waals surface area (Å²) < 4.78 is 71.4. The average molecular weight is 506 g/mol. The summed E-state index contributed by atoms with van der Waals surface area (Å²) in [5, 5.41) is -0.0504. The highest BCUT2D eigenvalue weighted by molar-refractivity contribution is 7.92. The molecule has 0 saturated carbocycles. The summed E-state index contributed by atoms with van der Waals surface area (Å²) in [5.41, 5.74) is -1.22. The van der Waals surface area contributed by atoms with Crippen molar-refractivity contribution in [2.45, 2.75) is 18.0 Å². The summed E-state index contributed by atoms with van der Waals surface area (Å²) in [6.07, 6.45) is -4.61. The first-order valence-electron chi connectivity index (χ1n) is 10.1. The Morgan fingerprint density at radius 1 is 1.12 bits per heavy atom. The van der Waals surface area contributed by atoms with Gasteiger partial charge in [0.25, 0.3) is 15.9 Å². The van der Waals surface area contributed by atoms with Gasteiger partial charge in [-0.3, -0.25) is 9.52 Å². The molecule has 1 amide bonds. The van der Waals surface area contributed by atoms with E-state index in [1.54, 1.807) is 4.90 Å². The van der Waals surface area contributed by atoms with Crippen LogP contribution in [0.5, 0.6) is 5.75 Å². The van der Waals surface area contributed by atoms with E-state index in [1.807, 2.05) is 0 Å². The molecule has 0 radical (unpaired) electrons. The van der Waals surface area contributed by atoms with Crippen molar-refractivity contribution in [3.05, 3.63) is 53.1 Å². The van der Waals surface area contributed by atoms with Gasteiger partial charge >= 0.3 is 6.18 Å². The maximum atomic E-state index is 12.9. The maximum absolute atomic E-state index is 12.9. The number of nitrogens with one attached hydrogen (secondary N) is 1. The summed E-state index contributed by atoms with van der Waals surface area (Å²) in [6.45, 7) is 5.50. The van der Waals surface area contributed by atoms with E-state index in [2.05, 4.69) is 16.5 Å². The van der Waals surface area contributed by atoms with Crippen LogP contribution in [0.15, 0.2) is 47.4 Å². The summed E-state index contributed by atoms with van der Waals surface area (Å²) in [6, 6.07) is 7.44. The zero-order valence-corrected chi connectivity index (χ0v) is 19.3. The van der Waals surface area contributed by atoms with E-state index in [0.717, 1.165) is 37.8 Å². The number of benzene rings is 2. The Morgan fingerprint density at radius 2 is 1.82 bits per heavy atom. The highest BCUT2D eigenvalue weighted by Crippen LogP contribution is 2.32. The highest BCUT2D eigenvalue weighted by Gasteiger charge is 2.31. The third-order valence-corrected chi connectivity index (χ3v) is 6.85. The van der Waals surface area contributed by atoms with Gasteiger partial charge in [0.2, 0.25) is 0 Å². The van der Waals surface area contributed by atoms with Crippen molar-refractivity contribution < 1.29 is 31.1 Å². The van der Waals surface area contributed by atoms with Crippen LogP contribution in [0.4, 0.5) is 18.9 Å². The molecule has 0 bridgehead atoms. The predicted octanol–water partition coefficient (Wildman–Crippen LogP) is 3.70. The van der Waals surface area contributed by atoms with Crippen LogP contribution >= 0.6 is 11.6 Å². The molecule has 1 saturated heterocycles. The molecule has 2 aromatic carbocycles. The Morgan fingerprint density at radius 3 is 2.42 bits per heavy atom. The van der Waals surface area contributed by atoms with Crippen molar-refractivity contribution >= 4 is 33.2 Å². The molecule has 3 rings (SSSR count). The van der Waals surface area contributed by atoms with Crippen LogP contribution in [0.2, 0.25) is 5.02 Å². The van der Waals surface area contributed by atoms with E-state index in [1.165, 1.54) is 18.2 Å². The molecule has 12 heteroatoms. The molecule has 1 N–H and O–H groups in total. The molecule has 180 valence electrons. The van der Waals surface area contributed by atoms with Gasteiger partial charge in [-0.1, -0.05) is 24.6 Å². The molecule has 1 aliphatic rings. The van der Waals surface area contributed by atoms with E-state index in [4.69, 9.17) is 16.3 Å². The van der Waals surface area contributed by atoms with Gasteiger partial charge < -0.3 is 14.5 Å². The van der Waals surface area contributed by atoms with Gasteiger partial charge in [-0.05, 0) is 42.9 Å². The lowest BCUT2D eigenvalue weighted by molar-refractivity contribution is -0.137. The minimum absolute atomic E-state index is 0.0504. The van der Waals surface area contributed by atoms with E-state index in [0.29, 0.717) is 19.2 Å². The average Bonchev–Trinajstić information content (AvgIpc) is 2.77. The first-order valence-corrected chi connectivity index (χ1v) is 12.0. The first-order chi connectivity index (χ1) is 15.5. The van der Waals surface area contributed by atoms with Gasteiger partial charge in [0.1, 0.15) is 5.75 Å². The number of likely N-dealkylation sites (N-methyl/N-ethyl adjacent to an activating group) is 1. The van der Waals surface area contributed by atoms with Gasteiger partial charge in [0, 0.05) is 31.9 Å². The van der Waals surface area contributed by atoms with Crippen molar-refractivity contribution in [3.8, 4) is 5.75 Å². The first kappa shape index (κ1) is 25.1. The number of piperazine rings is 1. The molecule has 1 aliphatic heterocycles. The maximum Gasteiger partial charge on any atom is 0.416 e. The van der Waals surface area contributed by atoms with E-state index in [9.17, 15) is 26.4 Å².